The minimum atomic E-state index is -4.68. The first kappa shape index (κ1) is 16.1. The molecule has 0 heterocycles. The molecule has 1 fully saturated rings. The highest BCUT2D eigenvalue weighted by atomic mass is 19.4. The fourth-order valence-electron chi connectivity index (χ4n) is 2.73. The van der Waals surface area contributed by atoms with Crippen molar-refractivity contribution >= 4 is 0 Å². The molecule has 0 aliphatic heterocycles. The summed E-state index contributed by atoms with van der Waals surface area (Å²) < 4.78 is 40.9. The molecule has 0 bridgehead atoms. The average molecular weight is 303 g/mol. The Bertz CT molecular complexity index is 451. The molecule has 2 N–H and O–H groups in total. The van der Waals surface area contributed by atoms with E-state index in [1.54, 1.807) is 12.1 Å². The Kier molecular flexibility index (Phi) is 5.47. The molecule has 2 atom stereocenters. The molecule has 0 spiro atoms. The topological polar surface area (TPSA) is 41.5 Å². The summed E-state index contributed by atoms with van der Waals surface area (Å²) in [5.74, 6) is 0.214. The Hall–Kier alpha value is -1.27. The third kappa shape index (κ3) is 5.55. The van der Waals surface area contributed by atoms with Gasteiger partial charge in [0.15, 0.2) is 0 Å². The van der Waals surface area contributed by atoms with Gasteiger partial charge in [-0.2, -0.15) is 0 Å². The van der Waals surface area contributed by atoms with E-state index < -0.39 is 6.36 Å². The van der Waals surface area contributed by atoms with E-state index in [4.69, 9.17) is 0 Å². The van der Waals surface area contributed by atoms with Crippen LogP contribution in [0.4, 0.5) is 13.2 Å². The predicted molar refractivity (Wildman–Crippen MR) is 72.8 cm³/mol. The lowest BCUT2D eigenvalue weighted by molar-refractivity contribution is -0.274. The van der Waals surface area contributed by atoms with Crippen LogP contribution in [0.1, 0.15) is 31.2 Å². The Morgan fingerprint density at radius 1 is 1.24 bits per heavy atom. The smallest absolute Gasteiger partial charge is 0.405 e. The van der Waals surface area contributed by atoms with Crippen molar-refractivity contribution in [3.05, 3.63) is 29.8 Å². The molecule has 118 valence electrons. The van der Waals surface area contributed by atoms with Gasteiger partial charge in [0.1, 0.15) is 5.75 Å². The molecule has 3 nitrogen and oxygen atoms in total. The number of aliphatic hydroxyl groups excluding tert-OH is 1. The van der Waals surface area contributed by atoms with Crippen LogP contribution in [0.25, 0.3) is 0 Å². The second-order valence-corrected chi connectivity index (χ2v) is 5.47. The summed E-state index contributed by atoms with van der Waals surface area (Å²) >= 11 is 0. The van der Waals surface area contributed by atoms with Crippen molar-refractivity contribution in [2.75, 3.05) is 6.54 Å². The van der Waals surface area contributed by atoms with Gasteiger partial charge in [-0.15, -0.1) is 13.2 Å². The lowest BCUT2D eigenvalue weighted by Gasteiger charge is -2.26. The summed E-state index contributed by atoms with van der Waals surface area (Å²) in [5, 5.41) is 12.8. The molecule has 21 heavy (non-hydrogen) atoms. The van der Waals surface area contributed by atoms with E-state index in [-0.39, 0.29) is 11.9 Å². The van der Waals surface area contributed by atoms with E-state index >= 15 is 0 Å². The second kappa shape index (κ2) is 7.13. The molecule has 1 aromatic rings. The van der Waals surface area contributed by atoms with Crippen molar-refractivity contribution in [3.8, 4) is 5.75 Å². The van der Waals surface area contributed by atoms with Crippen LogP contribution < -0.4 is 10.1 Å². The summed E-state index contributed by atoms with van der Waals surface area (Å²) in [6.07, 6.45) is -1.27. The van der Waals surface area contributed by atoms with Crippen LogP contribution in [0.15, 0.2) is 24.3 Å². The van der Waals surface area contributed by atoms with Crippen molar-refractivity contribution in [1.29, 1.82) is 0 Å². The molecule has 0 radical (unpaired) electrons. The number of nitrogens with one attached hydrogen (secondary N) is 1. The molecule has 0 aromatic heterocycles. The van der Waals surface area contributed by atoms with Crippen LogP contribution >= 0.6 is 0 Å². The number of ether oxygens (including phenoxy) is 1. The van der Waals surface area contributed by atoms with Crippen LogP contribution in [0.3, 0.4) is 0 Å². The first-order chi connectivity index (χ1) is 9.94. The van der Waals surface area contributed by atoms with Gasteiger partial charge < -0.3 is 15.2 Å². The quantitative estimate of drug-likeness (QED) is 0.877. The summed E-state index contributed by atoms with van der Waals surface area (Å²) in [4.78, 5) is 0. The lowest BCUT2D eigenvalue weighted by Crippen LogP contribution is -2.29. The Morgan fingerprint density at radius 3 is 2.71 bits per heavy atom. The van der Waals surface area contributed by atoms with Crippen molar-refractivity contribution in [3.63, 3.8) is 0 Å². The summed E-state index contributed by atoms with van der Waals surface area (Å²) in [7, 11) is 0. The number of para-hydroxylation sites is 1. The fourth-order valence-corrected chi connectivity index (χ4v) is 2.73. The van der Waals surface area contributed by atoms with Gasteiger partial charge in [0, 0.05) is 12.1 Å². The molecular formula is C15H20F3NO2. The van der Waals surface area contributed by atoms with Gasteiger partial charge in [-0.25, -0.2) is 0 Å². The highest BCUT2D eigenvalue weighted by Gasteiger charge is 2.31. The number of rotatable bonds is 5. The van der Waals surface area contributed by atoms with Gasteiger partial charge in [-0.05, 0) is 37.8 Å². The third-order valence-corrected chi connectivity index (χ3v) is 3.70. The first-order valence-corrected chi connectivity index (χ1v) is 7.16. The summed E-state index contributed by atoms with van der Waals surface area (Å²) in [6, 6.07) is 6.13. The molecular weight excluding hydrogens is 283 g/mol. The molecule has 6 heteroatoms. The van der Waals surface area contributed by atoms with Gasteiger partial charge in [-0.1, -0.05) is 24.6 Å². The van der Waals surface area contributed by atoms with E-state index in [1.165, 1.54) is 12.1 Å². The predicted octanol–water partition coefficient (Wildman–Crippen LogP) is 3.23. The van der Waals surface area contributed by atoms with Gasteiger partial charge >= 0.3 is 6.36 Å². The molecule has 2 unspecified atom stereocenters. The van der Waals surface area contributed by atoms with Crippen molar-refractivity contribution in [1.82, 2.24) is 5.32 Å². The van der Waals surface area contributed by atoms with Gasteiger partial charge in [-0.3, -0.25) is 0 Å². The molecule has 1 aromatic carbocycles. The minimum Gasteiger partial charge on any atom is -0.405 e. The Balaban J connectivity index is 1.85. The van der Waals surface area contributed by atoms with Crippen LogP contribution in [0.5, 0.6) is 5.75 Å². The summed E-state index contributed by atoms with van der Waals surface area (Å²) in [5.41, 5.74) is 0.478. The van der Waals surface area contributed by atoms with E-state index in [9.17, 15) is 18.3 Å². The molecule has 1 aliphatic rings. The Labute approximate surface area is 122 Å². The third-order valence-electron chi connectivity index (χ3n) is 3.70. The van der Waals surface area contributed by atoms with Crippen molar-refractivity contribution in [2.24, 2.45) is 5.92 Å². The molecule has 0 amide bonds. The second-order valence-electron chi connectivity index (χ2n) is 5.47. The standard InChI is InChI=1S/C15H20F3NO2/c16-15(17,18)21-14-7-2-1-5-12(14)10-19-9-11-4-3-6-13(20)8-11/h1-2,5,7,11,13,19-20H,3-4,6,8-10H2. The maximum absolute atomic E-state index is 12.3. The lowest BCUT2D eigenvalue weighted by atomic mass is 9.87. The molecule has 0 saturated heterocycles. The molecule has 1 aliphatic carbocycles. The van der Waals surface area contributed by atoms with Gasteiger partial charge in [0.2, 0.25) is 0 Å². The first-order valence-electron chi connectivity index (χ1n) is 7.16. The van der Waals surface area contributed by atoms with Crippen LogP contribution in [-0.2, 0) is 6.54 Å². The number of alkyl halides is 3. The summed E-state index contributed by atoms with van der Waals surface area (Å²) in [6.45, 7) is 1.01. The highest BCUT2D eigenvalue weighted by molar-refractivity contribution is 5.33. The SMILES string of the molecule is OC1CCCC(CNCc2ccccc2OC(F)(F)F)C1. The minimum absolute atomic E-state index is 0.166. The largest absolute Gasteiger partial charge is 0.573 e. The maximum atomic E-state index is 12.3. The fraction of sp³-hybridized carbons (Fsp3) is 0.600. The molecule has 1 saturated carbocycles. The van der Waals surface area contributed by atoms with Crippen LogP contribution in [-0.4, -0.2) is 24.1 Å². The average Bonchev–Trinajstić information content (AvgIpc) is 2.39. The monoisotopic (exact) mass is 303 g/mol. The maximum Gasteiger partial charge on any atom is 0.573 e. The van der Waals surface area contributed by atoms with E-state index in [0.29, 0.717) is 24.6 Å². The zero-order valence-corrected chi connectivity index (χ0v) is 11.7. The zero-order valence-electron chi connectivity index (χ0n) is 11.7. The normalized spacial score (nSPS) is 23.0. The van der Waals surface area contributed by atoms with E-state index in [0.717, 1.165) is 25.7 Å². The van der Waals surface area contributed by atoms with Crippen molar-refractivity contribution in [2.45, 2.75) is 44.7 Å². The van der Waals surface area contributed by atoms with E-state index in [1.807, 2.05) is 0 Å². The Morgan fingerprint density at radius 2 is 2.00 bits per heavy atom. The number of hydrogen-bond acceptors (Lipinski definition) is 3. The van der Waals surface area contributed by atoms with Crippen molar-refractivity contribution < 1.29 is 23.0 Å². The number of aliphatic hydroxyl groups is 1. The van der Waals surface area contributed by atoms with Crippen LogP contribution in [0, 0.1) is 5.92 Å². The zero-order chi connectivity index (χ0) is 15.3. The molecule has 2 rings (SSSR count). The number of hydrogen-bond donors (Lipinski definition) is 2. The number of benzene rings is 1. The highest BCUT2D eigenvalue weighted by Crippen LogP contribution is 2.27. The van der Waals surface area contributed by atoms with Gasteiger partial charge in [0.25, 0.3) is 0 Å². The van der Waals surface area contributed by atoms with Gasteiger partial charge in [0.05, 0.1) is 6.10 Å². The van der Waals surface area contributed by atoms with E-state index in [2.05, 4.69) is 10.1 Å². The van der Waals surface area contributed by atoms with Crippen LogP contribution in [0.2, 0.25) is 0 Å². The number of halogens is 3.